The second kappa shape index (κ2) is 18.4. The molecule has 4 heterocycles. The van der Waals surface area contributed by atoms with E-state index in [0.29, 0.717) is 57.3 Å². The van der Waals surface area contributed by atoms with Gasteiger partial charge in [-0.05, 0) is 141 Å². The lowest BCUT2D eigenvalue weighted by Crippen LogP contribution is -2.70. The number of rotatable bonds is 14. The Morgan fingerprint density at radius 2 is 1.90 bits per heavy atom. The smallest absolute Gasteiger partial charge is 0.335 e. The molecule has 320 valence electrons. The van der Waals surface area contributed by atoms with Crippen molar-refractivity contribution in [2.45, 2.75) is 131 Å². The Labute approximate surface area is 346 Å². The summed E-state index contributed by atoms with van der Waals surface area (Å²) in [4.78, 5) is 11.4. The normalized spacial score (nSPS) is 36.1. The first-order valence-corrected chi connectivity index (χ1v) is 21.2. The van der Waals surface area contributed by atoms with E-state index in [1.54, 1.807) is 19.2 Å². The van der Waals surface area contributed by atoms with Crippen LogP contribution in [0.4, 0.5) is 0 Å². The number of hydrogen-bond donors (Lipinski definition) is 6. The van der Waals surface area contributed by atoms with Crippen LogP contribution in [-0.2, 0) is 38.2 Å². The molecule has 12 heteroatoms. The number of ether oxygens (including phenoxy) is 5. The van der Waals surface area contributed by atoms with Gasteiger partial charge in [-0.25, -0.2) is 4.79 Å². The SMILES string of the molecule is C=CCc1ccc(OC2OC3C(CCCO)OC#CCC(O)C4CC2(OC=CC42CCC4CC(Cc5ccc(C(=O)O)cc5)CC4(O)C2)C(O)C3O)cc1CCCOC. The minimum Gasteiger partial charge on any atom is -0.486 e. The highest BCUT2D eigenvalue weighted by Gasteiger charge is 2.65. The zero-order valence-corrected chi connectivity index (χ0v) is 33.9. The molecule has 0 aromatic heterocycles. The third-order valence-corrected chi connectivity index (χ3v) is 13.8. The van der Waals surface area contributed by atoms with Crippen LogP contribution in [0.5, 0.6) is 5.75 Å². The third-order valence-electron chi connectivity index (χ3n) is 13.8. The fourth-order valence-corrected chi connectivity index (χ4v) is 10.8. The lowest BCUT2D eigenvalue weighted by atomic mass is 9.55. The van der Waals surface area contributed by atoms with Gasteiger partial charge < -0.3 is 54.3 Å². The Kier molecular flexibility index (Phi) is 13.4. The molecule has 4 aliphatic heterocycles. The van der Waals surface area contributed by atoms with Crippen LogP contribution >= 0.6 is 0 Å². The molecule has 2 aromatic rings. The first-order chi connectivity index (χ1) is 28.4. The lowest BCUT2D eigenvalue weighted by molar-refractivity contribution is -0.334. The molecule has 12 nitrogen and oxygen atoms in total. The number of hydrogen-bond acceptors (Lipinski definition) is 11. The molecule has 2 saturated carbocycles. The van der Waals surface area contributed by atoms with Gasteiger partial charge >= 0.3 is 5.97 Å². The zero-order chi connectivity index (χ0) is 41.8. The van der Waals surface area contributed by atoms with E-state index in [9.17, 15) is 35.4 Å². The number of allylic oxidation sites excluding steroid dienone is 2. The molecule has 2 aromatic carbocycles. The molecule has 12 unspecified atom stereocenters. The van der Waals surface area contributed by atoms with Crippen molar-refractivity contribution in [3.8, 4) is 17.8 Å². The summed E-state index contributed by atoms with van der Waals surface area (Å²) in [6, 6.07) is 12.7. The number of aliphatic hydroxyl groups excluding tert-OH is 4. The van der Waals surface area contributed by atoms with Gasteiger partial charge in [-0.15, -0.1) is 6.58 Å². The minimum absolute atomic E-state index is 0.00989. The van der Waals surface area contributed by atoms with Gasteiger partial charge in [0, 0.05) is 33.2 Å². The topological polar surface area (TPSA) is 185 Å². The highest BCUT2D eigenvalue weighted by Crippen LogP contribution is 2.61. The summed E-state index contributed by atoms with van der Waals surface area (Å²) >= 11 is 0. The molecule has 12 atom stereocenters. The molecular weight excluding hydrogens is 757 g/mol. The van der Waals surface area contributed by atoms with Crippen molar-refractivity contribution < 1.29 is 59.1 Å². The fourth-order valence-electron chi connectivity index (χ4n) is 10.8. The van der Waals surface area contributed by atoms with E-state index < -0.39 is 65.3 Å². The van der Waals surface area contributed by atoms with Gasteiger partial charge in [0.2, 0.25) is 6.29 Å². The second-order valence-electron chi connectivity index (χ2n) is 17.5. The van der Waals surface area contributed by atoms with Crippen molar-refractivity contribution in [2.24, 2.45) is 23.2 Å². The molecule has 2 aliphatic carbocycles. The first kappa shape index (κ1) is 43.2. The maximum Gasteiger partial charge on any atom is 0.335 e. The van der Waals surface area contributed by atoms with E-state index in [0.717, 1.165) is 36.0 Å². The molecule has 1 saturated heterocycles. The van der Waals surface area contributed by atoms with Crippen molar-refractivity contribution in [1.29, 1.82) is 0 Å². The Hall–Kier alpha value is -3.93. The summed E-state index contributed by atoms with van der Waals surface area (Å²) in [6.07, 6.45) is 7.21. The summed E-state index contributed by atoms with van der Waals surface area (Å²) < 4.78 is 31.4. The summed E-state index contributed by atoms with van der Waals surface area (Å²) in [5, 5.41) is 68.1. The second-order valence-corrected chi connectivity index (χ2v) is 17.5. The van der Waals surface area contributed by atoms with Gasteiger partial charge in [0.1, 0.15) is 36.3 Å². The number of carboxylic acid groups (broad SMARTS) is 1. The molecule has 3 fully saturated rings. The largest absolute Gasteiger partial charge is 0.486 e. The van der Waals surface area contributed by atoms with E-state index in [1.807, 2.05) is 42.5 Å². The molecule has 8 rings (SSSR count). The van der Waals surface area contributed by atoms with Gasteiger partial charge in [0.15, 0.2) is 5.60 Å². The Morgan fingerprint density at radius 1 is 1.08 bits per heavy atom. The van der Waals surface area contributed by atoms with Crippen LogP contribution in [0.25, 0.3) is 0 Å². The Bertz CT molecular complexity index is 1870. The summed E-state index contributed by atoms with van der Waals surface area (Å²) in [7, 11) is 1.67. The number of aryl methyl sites for hydroxylation is 1. The van der Waals surface area contributed by atoms with Gasteiger partial charge in [-0.1, -0.05) is 30.2 Å². The predicted octanol–water partition coefficient (Wildman–Crippen LogP) is 4.86. The van der Waals surface area contributed by atoms with Gasteiger partial charge in [-0.3, -0.25) is 0 Å². The van der Waals surface area contributed by atoms with Crippen LogP contribution in [0, 0.1) is 35.2 Å². The highest BCUT2D eigenvalue weighted by atomic mass is 16.7. The van der Waals surface area contributed by atoms with Crippen molar-refractivity contribution in [1.82, 2.24) is 0 Å². The number of aliphatic hydroxyl groups is 5. The van der Waals surface area contributed by atoms with Crippen molar-refractivity contribution in [2.75, 3.05) is 20.3 Å². The predicted molar refractivity (Wildman–Crippen MR) is 217 cm³/mol. The minimum atomic E-state index is -1.72. The molecule has 2 spiro atoms. The number of carbonyl (C=O) groups is 1. The average molecular weight is 817 g/mol. The van der Waals surface area contributed by atoms with E-state index in [4.69, 9.17) is 23.7 Å². The monoisotopic (exact) mass is 816 g/mol. The number of methoxy groups -OCH3 is 1. The zero-order valence-electron chi connectivity index (χ0n) is 33.9. The quantitative estimate of drug-likeness (QED) is 0.0867. The molecule has 6 N–H and O–H groups in total. The van der Waals surface area contributed by atoms with Crippen LogP contribution in [-0.4, -0.2) is 105 Å². The van der Waals surface area contributed by atoms with E-state index in [2.05, 4.69) is 18.6 Å². The third kappa shape index (κ3) is 8.94. The highest BCUT2D eigenvalue weighted by molar-refractivity contribution is 5.87. The maximum absolute atomic E-state index is 12.6. The van der Waals surface area contributed by atoms with Gasteiger partial charge in [0.05, 0.1) is 23.5 Å². The fraction of sp³-hybridized carbons (Fsp3) is 0.596. The number of benzene rings is 2. The van der Waals surface area contributed by atoms with E-state index in [1.165, 1.54) is 6.26 Å². The van der Waals surface area contributed by atoms with E-state index >= 15 is 0 Å². The summed E-state index contributed by atoms with van der Waals surface area (Å²) in [5.74, 6) is 2.05. The van der Waals surface area contributed by atoms with Crippen LogP contribution in [0.3, 0.4) is 0 Å². The Balaban J connectivity index is 1.23. The van der Waals surface area contributed by atoms with Crippen molar-refractivity contribution >= 4 is 5.97 Å². The molecule has 6 aliphatic rings. The maximum atomic E-state index is 12.6. The molecule has 3 bridgehead atoms. The first-order valence-electron chi connectivity index (χ1n) is 21.2. The summed E-state index contributed by atoms with van der Waals surface area (Å²) in [5.41, 5.74) is -0.175. The van der Waals surface area contributed by atoms with Crippen LogP contribution in [0.2, 0.25) is 0 Å². The molecule has 0 amide bonds. The van der Waals surface area contributed by atoms with E-state index in [-0.39, 0.29) is 43.3 Å². The van der Waals surface area contributed by atoms with Crippen molar-refractivity contribution in [3.63, 3.8) is 0 Å². The molecule has 59 heavy (non-hydrogen) atoms. The van der Waals surface area contributed by atoms with Crippen molar-refractivity contribution in [3.05, 3.63) is 89.7 Å². The molecular formula is C47H60O12. The van der Waals surface area contributed by atoms with Crippen LogP contribution < -0.4 is 4.74 Å². The van der Waals surface area contributed by atoms with Crippen LogP contribution in [0.1, 0.15) is 91.3 Å². The van der Waals surface area contributed by atoms with Gasteiger partial charge in [-0.2, -0.15) is 0 Å². The standard InChI is InChI=1S/C47H60O12/c1-3-7-32-15-16-36(26-34(32)8-5-21-55-2)58-44-47-28-37(38(49)9-6-22-56-39(10-4-20-48)41(59-44)40(50)42(47)51)45(19-23-57-47)18-17-35-25-31(27-46(35,54)29-45)24-30-11-13-33(14-12-30)43(52)53/h3,11-16,19,23,26,31,35,37-42,44,48-51,54H,1,4-5,7-10,17-18,20-21,24-25,27-29H2,2H3,(H,52,53). The molecule has 0 radical (unpaired) electrons. The number of aromatic carboxylic acids is 1. The number of fused-ring (bicyclic) bond motifs is 7. The number of carboxylic acids is 1. The van der Waals surface area contributed by atoms with Gasteiger partial charge in [0.25, 0.3) is 0 Å². The lowest BCUT2D eigenvalue weighted by Gasteiger charge is -2.54. The van der Waals surface area contributed by atoms with Crippen LogP contribution in [0.15, 0.2) is 67.5 Å². The summed E-state index contributed by atoms with van der Waals surface area (Å²) in [6.45, 7) is 4.38. The average Bonchev–Trinajstić information content (AvgIpc) is 3.44. The Morgan fingerprint density at radius 3 is 2.64 bits per heavy atom.